The van der Waals surface area contributed by atoms with Crippen molar-refractivity contribution >= 4 is 11.9 Å². The minimum atomic E-state index is -0.397. The van der Waals surface area contributed by atoms with Crippen LogP contribution in [0.4, 0.5) is 0 Å². The van der Waals surface area contributed by atoms with E-state index in [0.29, 0.717) is 23.4 Å². The first-order valence-corrected chi connectivity index (χ1v) is 9.05. The summed E-state index contributed by atoms with van der Waals surface area (Å²) in [6.07, 6.45) is 3.19. The van der Waals surface area contributed by atoms with Gasteiger partial charge >= 0.3 is 5.97 Å². The summed E-state index contributed by atoms with van der Waals surface area (Å²) >= 11 is 0. The Hall–Kier alpha value is -3.48. The molecule has 1 unspecified atom stereocenters. The van der Waals surface area contributed by atoms with Gasteiger partial charge in [0.05, 0.1) is 35.9 Å². The van der Waals surface area contributed by atoms with Gasteiger partial charge in [0.25, 0.3) is 5.91 Å². The summed E-state index contributed by atoms with van der Waals surface area (Å²) in [5.74, 6) is -0.583. The lowest BCUT2D eigenvalue weighted by Gasteiger charge is -2.13. The minimum Gasteiger partial charge on any atom is -0.462 e. The van der Waals surface area contributed by atoms with Gasteiger partial charge in [-0.1, -0.05) is 6.07 Å². The molecule has 2 aromatic heterocycles. The van der Waals surface area contributed by atoms with Crippen molar-refractivity contribution in [1.82, 2.24) is 20.1 Å². The zero-order valence-corrected chi connectivity index (χ0v) is 16.0. The number of nitrogens with one attached hydrogen (secondary N) is 1. The molecule has 0 aliphatic carbocycles. The van der Waals surface area contributed by atoms with Gasteiger partial charge in [0.1, 0.15) is 5.56 Å². The summed E-state index contributed by atoms with van der Waals surface area (Å²) in [6, 6.07) is 12.4. The number of aromatic nitrogens is 3. The molecular weight excluding hydrogens is 356 g/mol. The van der Waals surface area contributed by atoms with Gasteiger partial charge in [0.2, 0.25) is 0 Å². The van der Waals surface area contributed by atoms with Crippen LogP contribution in [0.1, 0.15) is 52.0 Å². The Kier molecular flexibility index (Phi) is 5.84. The summed E-state index contributed by atoms with van der Waals surface area (Å²) in [7, 11) is 0. The summed E-state index contributed by atoms with van der Waals surface area (Å²) in [6.45, 7) is 5.76. The van der Waals surface area contributed by atoms with Crippen LogP contribution in [0.2, 0.25) is 0 Å². The Balaban J connectivity index is 1.73. The molecule has 0 saturated carbocycles. The maximum atomic E-state index is 12.5. The van der Waals surface area contributed by atoms with Crippen LogP contribution in [0.25, 0.3) is 5.69 Å². The van der Waals surface area contributed by atoms with Crippen LogP contribution in [0.5, 0.6) is 0 Å². The summed E-state index contributed by atoms with van der Waals surface area (Å²) < 4.78 is 6.67. The van der Waals surface area contributed by atoms with E-state index in [1.807, 2.05) is 25.1 Å². The standard InChI is InChI=1S/C21H22N4O3/c1-4-28-21(27)18-13-23-25(15(18)3)17-10-8-16(9-11-17)20(26)24-14(2)19-7-5-6-12-22-19/h5-14H,4H2,1-3H3,(H,24,26). The molecule has 1 aromatic carbocycles. The lowest BCUT2D eigenvalue weighted by molar-refractivity contribution is 0.0525. The van der Waals surface area contributed by atoms with Gasteiger partial charge in [0.15, 0.2) is 0 Å². The maximum Gasteiger partial charge on any atom is 0.341 e. The van der Waals surface area contributed by atoms with E-state index in [4.69, 9.17) is 4.74 Å². The number of ether oxygens (including phenoxy) is 1. The number of hydrogen-bond acceptors (Lipinski definition) is 5. The Morgan fingerprint density at radius 1 is 1.18 bits per heavy atom. The molecule has 0 aliphatic heterocycles. The topological polar surface area (TPSA) is 86.1 Å². The highest BCUT2D eigenvalue weighted by Gasteiger charge is 2.17. The quantitative estimate of drug-likeness (QED) is 0.666. The predicted molar refractivity (Wildman–Crippen MR) is 104 cm³/mol. The van der Waals surface area contributed by atoms with E-state index in [0.717, 1.165) is 11.4 Å². The Bertz CT molecular complexity index is 965. The molecule has 0 fully saturated rings. The second kappa shape index (κ2) is 8.47. The van der Waals surface area contributed by atoms with Gasteiger partial charge in [-0.15, -0.1) is 0 Å². The zero-order valence-electron chi connectivity index (χ0n) is 16.0. The van der Waals surface area contributed by atoms with Gasteiger partial charge < -0.3 is 10.1 Å². The van der Waals surface area contributed by atoms with E-state index >= 15 is 0 Å². The molecule has 0 saturated heterocycles. The smallest absolute Gasteiger partial charge is 0.341 e. The van der Waals surface area contributed by atoms with Crippen molar-refractivity contribution in [2.75, 3.05) is 6.61 Å². The molecule has 1 N–H and O–H groups in total. The lowest BCUT2D eigenvalue weighted by atomic mass is 10.1. The zero-order chi connectivity index (χ0) is 20.1. The third kappa shape index (κ3) is 4.09. The largest absolute Gasteiger partial charge is 0.462 e. The molecule has 0 aliphatic rings. The highest BCUT2D eigenvalue weighted by atomic mass is 16.5. The molecule has 2 heterocycles. The highest BCUT2D eigenvalue weighted by molar-refractivity contribution is 5.94. The van der Waals surface area contributed by atoms with Crippen molar-refractivity contribution < 1.29 is 14.3 Å². The van der Waals surface area contributed by atoms with Crippen molar-refractivity contribution in [3.8, 4) is 5.69 Å². The fourth-order valence-corrected chi connectivity index (χ4v) is 2.82. The van der Waals surface area contributed by atoms with Gasteiger partial charge in [-0.25, -0.2) is 9.48 Å². The van der Waals surface area contributed by atoms with Crippen LogP contribution in [0.15, 0.2) is 54.9 Å². The number of carbonyl (C=O) groups is 2. The van der Waals surface area contributed by atoms with Crippen LogP contribution >= 0.6 is 0 Å². The van der Waals surface area contributed by atoms with Gasteiger partial charge in [-0.3, -0.25) is 9.78 Å². The van der Waals surface area contributed by atoms with E-state index in [-0.39, 0.29) is 11.9 Å². The second-order valence-corrected chi connectivity index (χ2v) is 6.27. The predicted octanol–water partition coefficient (Wildman–Crippen LogP) is 3.24. The average Bonchev–Trinajstić information content (AvgIpc) is 3.10. The molecule has 0 bridgehead atoms. The van der Waals surface area contributed by atoms with E-state index < -0.39 is 5.97 Å². The number of pyridine rings is 1. The first-order chi connectivity index (χ1) is 13.5. The third-order valence-electron chi connectivity index (χ3n) is 4.36. The van der Waals surface area contributed by atoms with Gasteiger partial charge in [-0.2, -0.15) is 5.10 Å². The Morgan fingerprint density at radius 3 is 2.57 bits per heavy atom. The summed E-state index contributed by atoms with van der Waals surface area (Å²) in [4.78, 5) is 28.7. The number of esters is 1. The van der Waals surface area contributed by atoms with Crippen molar-refractivity contribution in [3.05, 3.63) is 77.4 Å². The summed E-state index contributed by atoms with van der Waals surface area (Å²) in [5.41, 5.74) is 3.18. The molecular formula is C21H22N4O3. The molecule has 3 aromatic rings. The molecule has 1 atom stereocenters. The lowest BCUT2D eigenvalue weighted by Crippen LogP contribution is -2.27. The van der Waals surface area contributed by atoms with Crippen LogP contribution in [0, 0.1) is 6.92 Å². The van der Waals surface area contributed by atoms with Gasteiger partial charge in [-0.05, 0) is 57.2 Å². The fraction of sp³-hybridized carbons (Fsp3) is 0.238. The van der Waals surface area contributed by atoms with Crippen molar-refractivity contribution in [2.24, 2.45) is 0 Å². The Morgan fingerprint density at radius 2 is 1.93 bits per heavy atom. The van der Waals surface area contributed by atoms with Crippen LogP contribution < -0.4 is 5.32 Å². The first kappa shape index (κ1) is 19.3. The number of amides is 1. The summed E-state index contributed by atoms with van der Waals surface area (Å²) in [5, 5.41) is 7.19. The van der Waals surface area contributed by atoms with E-state index in [1.54, 1.807) is 49.0 Å². The molecule has 7 nitrogen and oxygen atoms in total. The molecule has 144 valence electrons. The highest BCUT2D eigenvalue weighted by Crippen LogP contribution is 2.17. The van der Waals surface area contributed by atoms with Crippen LogP contribution in [0.3, 0.4) is 0 Å². The minimum absolute atomic E-state index is 0.186. The van der Waals surface area contributed by atoms with Gasteiger partial charge in [0, 0.05) is 11.8 Å². The van der Waals surface area contributed by atoms with E-state index in [2.05, 4.69) is 15.4 Å². The molecule has 28 heavy (non-hydrogen) atoms. The fourth-order valence-electron chi connectivity index (χ4n) is 2.82. The first-order valence-electron chi connectivity index (χ1n) is 9.05. The maximum absolute atomic E-state index is 12.5. The normalized spacial score (nSPS) is 11.7. The van der Waals surface area contributed by atoms with Crippen LogP contribution in [-0.4, -0.2) is 33.2 Å². The van der Waals surface area contributed by atoms with Crippen molar-refractivity contribution in [1.29, 1.82) is 0 Å². The SMILES string of the molecule is CCOC(=O)c1cnn(-c2ccc(C(=O)NC(C)c3ccccn3)cc2)c1C. The van der Waals surface area contributed by atoms with Crippen LogP contribution in [-0.2, 0) is 4.74 Å². The third-order valence-corrected chi connectivity index (χ3v) is 4.36. The number of nitrogens with zero attached hydrogens (tertiary/aromatic N) is 3. The van der Waals surface area contributed by atoms with Crippen molar-refractivity contribution in [3.63, 3.8) is 0 Å². The number of benzene rings is 1. The van der Waals surface area contributed by atoms with E-state index in [9.17, 15) is 9.59 Å². The number of hydrogen-bond donors (Lipinski definition) is 1. The molecule has 7 heteroatoms. The number of rotatable bonds is 6. The second-order valence-electron chi connectivity index (χ2n) is 6.27. The van der Waals surface area contributed by atoms with E-state index in [1.165, 1.54) is 6.20 Å². The molecule has 1 amide bonds. The van der Waals surface area contributed by atoms with Crippen molar-refractivity contribution in [2.45, 2.75) is 26.8 Å². The average molecular weight is 378 g/mol. The Labute approximate surface area is 163 Å². The molecule has 3 rings (SSSR count). The molecule has 0 radical (unpaired) electrons. The monoisotopic (exact) mass is 378 g/mol. The number of carbonyl (C=O) groups excluding carboxylic acids is 2. The molecule has 0 spiro atoms.